The van der Waals surface area contributed by atoms with Crippen molar-refractivity contribution in [2.75, 3.05) is 19.0 Å². The number of carbonyl (C=O) groups excluding carboxylic acids is 2. The Hall–Kier alpha value is -1.55. The molecule has 17 heavy (non-hydrogen) atoms. The number of fused-ring (bicyclic) bond motifs is 1. The Labute approximate surface area is 104 Å². The molecule has 5 heteroatoms. The average molecular weight is 254 g/mol. The van der Waals surface area contributed by atoms with Gasteiger partial charge in [-0.25, -0.2) is 0 Å². The molecule has 1 aliphatic heterocycles. The van der Waals surface area contributed by atoms with E-state index in [0.29, 0.717) is 30.0 Å². The molecule has 0 spiro atoms. The smallest absolute Gasteiger partial charge is 0.255 e. The molecule has 0 bridgehead atoms. The van der Waals surface area contributed by atoms with E-state index in [2.05, 4.69) is 5.32 Å². The average Bonchev–Trinajstić information content (AvgIpc) is 2.51. The Morgan fingerprint density at radius 2 is 2.29 bits per heavy atom. The van der Waals surface area contributed by atoms with Gasteiger partial charge in [-0.1, -0.05) is 0 Å². The monoisotopic (exact) mass is 253 g/mol. The van der Waals surface area contributed by atoms with Crippen molar-refractivity contribution in [1.29, 1.82) is 0 Å². The minimum atomic E-state index is -0.210. The third-order valence-electron chi connectivity index (χ3n) is 2.51. The number of halogens is 1. The molecule has 0 fully saturated rings. The maximum atomic E-state index is 11.7. The van der Waals surface area contributed by atoms with Gasteiger partial charge in [-0.15, -0.1) is 11.6 Å². The second-order valence-electron chi connectivity index (χ2n) is 3.68. The van der Waals surface area contributed by atoms with Gasteiger partial charge in [0.1, 0.15) is 12.4 Å². The van der Waals surface area contributed by atoms with Gasteiger partial charge in [-0.3, -0.25) is 9.59 Å². The number of alkyl halides is 1. The molecule has 2 rings (SSSR count). The van der Waals surface area contributed by atoms with Gasteiger partial charge in [0.25, 0.3) is 5.91 Å². The van der Waals surface area contributed by atoms with E-state index in [-0.39, 0.29) is 24.0 Å². The topological polar surface area (TPSA) is 55.4 Å². The first-order valence-electron chi connectivity index (χ1n) is 5.36. The van der Waals surface area contributed by atoms with Crippen LogP contribution in [0.3, 0.4) is 0 Å². The summed E-state index contributed by atoms with van der Waals surface area (Å²) in [6.45, 7) is 0.909. The molecule has 90 valence electrons. The minimum Gasteiger partial charge on any atom is -0.491 e. The van der Waals surface area contributed by atoms with Gasteiger partial charge < -0.3 is 10.1 Å². The van der Waals surface area contributed by atoms with Crippen molar-refractivity contribution in [3.8, 4) is 5.75 Å². The Bertz CT molecular complexity index is 459. The lowest BCUT2D eigenvalue weighted by Gasteiger charge is -2.07. The summed E-state index contributed by atoms with van der Waals surface area (Å²) in [5.41, 5.74) is 0.896. The van der Waals surface area contributed by atoms with Crippen LogP contribution in [0.2, 0.25) is 0 Å². The highest BCUT2D eigenvalue weighted by molar-refractivity contribution is 6.19. The third-order valence-corrected chi connectivity index (χ3v) is 2.70. The van der Waals surface area contributed by atoms with Gasteiger partial charge >= 0.3 is 0 Å². The predicted molar refractivity (Wildman–Crippen MR) is 63.9 cm³/mol. The first kappa shape index (κ1) is 11.9. The number of hydrogen-bond acceptors (Lipinski definition) is 3. The van der Waals surface area contributed by atoms with Gasteiger partial charge in [0, 0.05) is 17.9 Å². The maximum absolute atomic E-state index is 11.7. The molecule has 0 unspecified atom stereocenters. The zero-order chi connectivity index (χ0) is 12.3. The van der Waals surface area contributed by atoms with E-state index in [9.17, 15) is 9.59 Å². The first-order valence-corrected chi connectivity index (χ1v) is 5.90. The molecule has 1 amide bonds. The maximum Gasteiger partial charge on any atom is 0.255 e. The second-order valence-corrected chi connectivity index (χ2v) is 4.06. The summed E-state index contributed by atoms with van der Waals surface area (Å²) < 4.78 is 5.39. The zero-order valence-electron chi connectivity index (χ0n) is 9.16. The van der Waals surface area contributed by atoms with Crippen molar-refractivity contribution in [2.24, 2.45) is 0 Å². The van der Waals surface area contributed by atoms with Gasteiger partial charge in [-0.2, -0.15) is 0 Å². The lowest BCUT2D eigenvalue weighted by atomic mass is 10.0. The van der Waals surface area contributed by atoms with E-state index < -0.39 is 0 Å². The highest BCUT2D eigenvalue weighted by Crippen LogP contribution is 2.22. The lowest BCUT2D eigenvalue weighted by molar-refractivity contribution is 0.0957. The van der Waals surface area contributed by atoms with Crippen molar-refractivity contribution in [1.82, 2.24) is 5.32 Å². The largest absolute Gasteiger partial charge is 0.491 e. The summed E-state index contributed by atoms with van der Waals surface area (Å²) >= 11 is 5.52. The fraction of sp³-hybridized carbons (Fsp3) is 0.333. The number of ketones is 1. The number of carbonyl (C=O) groups is 2. The van der Waals surface area contributed by atoms with Crippen LogP contribution in [0.15, 0.2) is 18.2 Å². The number of rotatable bonds is 3. The van der Waals surface area contributed by atoms with Gasteiger partial charge in [-0.05, 0) is 18.2 Å². The van der Waals surface area contributed by atoms with Gasteiger partial charge in [0.05, 0.1) is 12.1 Å². The molecular formula is C12H12ClNO3. The molecule has 4 nitrogen and oxygen atoms in total. The number of amides is 1. The molecular weight excluding hydrogens is 242 g/mol. The fourth-order valence-electron chi connectivity index (χ4n) is 1.66. The molecule has 1 aromatic rings. The normalized spacial score (nSPS) is 14.3. The Balaban J connectivity index is 2.34. The molecule has 0 saturated carbocycles. The zero-order valence-corrected chi connectivity index (χ0v) is 9.92. The van der Waals surface area contributed by atoms with Gasteiger partial charge in [0.2, 0.25) is 0 Å². The van der Waals surface area contributed by atoms with Gasteiger partial charge in [0.15, 0.2) is 5.78 Å². The van der Waals surface area contributed by atoms with Crippen LogP contribution >= 0.6 is 11.6 Å². The van der Waals surface area contributed by atoms with E-state index in [1.165, 1.54) is 0 Å². The van der Waals surface area contributed by atoms with Crippen LogP contribution in [0.25, 0.3) is 0 Å². The standard InChI is InChI=1S/C12H12ClNO3/c13-4-3-10(15)8-1-2-11-9(7-8)12(16)14-5-6-17-11/h1-2,7H,3-6H2,(H,14,16). The van der Waals surface area contributed by atoms with E-state index in [1.807, 2.05) is 0 Å². The van der Waals surface area contributed by atoms with E-state index >= 15 is 0 Å². The minimum absolute atomic E-state index is 0.0696. The summed E-state index contributed by atoms with van der Waals surface area (Å²) in [4.78, 5) is 23.4. The Kier molecular flexibility index (Phi) is 3.64. The molecule has 1 heterocycles. The quantitative estimate of drug-likeness (QED) is 0.658. The fourth-order valence-corrected chi connectivity index (χ4v) is 1.83. The highest BCUT2D eigenvalue weighted by atomic mass is 35.5. The molecule has 1 aliphatic rings. The van der Waals surface area contributed by atoms with Crippen LogP contribution in [0, 0.1) is 0 Å². The molecule has 1 N–H and O–H groups in total. The molecule has 0 atom stereocenters. The summed E-state index contributed by atoms with van der Waals surface area (Å²) in [7, 11) is 0. The van der Waals surface area contributed by atoms with Crippen LogP contribution in [0.5, 0.6) is 5.75 Å². The summed E-state index contributed by atoms with van der Waals surface area (Å²) in [5, 5.41) is 2.70. The number of ether oxygens (including phenoxy) is 1. The SMILES string of the molecule is O=C(CCCl)c1ccc2c(c1)C(=O)NCCO2. The Morgan fingerprint density at radius 3 is 3.06 bits per heavy atom. The van der Waals surface area contributed by atoms with Crippen LogP contribution < -0.4 is 10.1 Å². The number of benzene rings is 1. The van der Waals surface area contributed by atoms with Crippen molar-refractivity contribution >= 4 is 23.3 Å². The van der Waals surface area contributed by atoms with E-state index in [0.717, 1.165) is 0 Å². The summed E-state index contributed by atoms with van der Waals surface area (Å²) in [5.74, 6) is 0.513. The number of nitrogens with one attached hydrogen (secondary N) is 1. The van der Waals surface area contributed by atoms with Crippen molar-refractivity contribution < 1.29 is 14.3 Å². The van der Waals surface area contributed by atoms with E-state index in [4.69, 9.17) is 16.3 Å². The molecule has 1 aromatic carbocycles. The van der Waals surface area contributed by atoms with Crippen LogP contribution in [-0.2, 0) is 0 Å². The molecule has 0 aromatic heterocycles. The molecule has 0 saturated heterocycles. The lowest BCUT2D eigenvalue weighted by Crippen LogP contribution is -2.24. The van der Waals surface area contributed by atoms with Crippen LogP contribution in [-0.4, -0.2) is 30.7 Å². The Morgan fingerprint density at radius 1 is 1.47 bits per heavy atom. The number of hydrogen-bond donors (Lipinski definition) is 1. The van der Waals surface area contributed by atoms with Crippen LogP contribution in [0.1, 0.15) is 27.1 Å². The summed E-state index contributed by atoms with van der Waals surface area (Å²) in [6.07, 6.45) is 0.267. The van der Waals surface area contributed by atoms with Crippen molar-refractivity contribution in [3.05, 3.63) is 29.3 Å². The number of Topliss-reactive ketones (excluding diaryl/α,β-unsaturated/α-hetero) is 1. The first-order chi connectivity index (χ1) is 8.22. The highest BCUT2D eigenvalue weighted by Gasteiger charge is 2.18. The van der Waals surface area contributed by atoms with Crippen molar-refractivity contribution in [3.63, 3.8) is 0 Å². The van der Waals surface area contributed by atoms with Crippen LogP contribution in [0.4, 0.5) is 0 Å². The van der Waals surface area contributed by atoms with E-state index in [1.54, 1.807) is 18.2 Å². The van der Waals surface area contributed by atoms with Crippen molar-refractivity contribution in [2.45, 2.75) is 6.42 Å². The molecule has 0 aliphatic carbocycles. The predicted octanol–water partition coefficient (Wildman–Crippen LogP) is 1.62. The second kappa shape index (κ2) is 5.19. The molecule has 0 radical (unpaired) electrons. The third kappa shape index (κ3) is 2.58. The summed E-state index contributed by atoms with van der Waals surface area (Å²) in [6, 6.07) is 4.87.